The highest BCUT2D eigenvalue weighted by molar-refractivity contribution is 7.90. The monoisotopic (exact) mass is 337 g/mol. The molecule has 0 bridgehead atoms. The number of hydrogen-bond acceptors (Lipinski definition) is 6. The molecule has 1 unspecified atom stereocenters. The minimum Gasteiger partial charge on any atom is -0.339 e. The highest BCUT2D eigenvalue weighted by Crippen LogP contribution is 2.16. The van der Waals surface area contributed by atoms with E-state index in [4.69, 9.17) is 4.52 Å². The molecule has 1 atom stereocenters. The molecule has 7 heteroatoms. The van der Waals surface area contributed by atoms with E-state index in [1.807, 2.05) is 32.9 Å². The zero-order valence-electron chi connectivity index (χ0n) is 13.9. The Hall–Kier alpha value is -1.73. The van der Waals surface area contributed by atoms with E-state index in [0.29, 0.717) is 23.8 Å². The predicted octanol–water partition coefficient (Wildman–Crippen LogP) is 2.49. The van der Waals surface area contributed by atoms with E-state index >= 15 is 0 Å². The fourth-order valence-corrected chi connectivity index (χ4v) is 2.75. The van der Waals surface area contributed by atoms with Crippen molar-refractivity contribution in [2.75, 3.05) is 12.8 Å². The lowest BCUT2D eigenvalue weighted by molar-refractivity contribution is 0.367. The van der Waals surface area contributed by atoms with Crippen molar-refractivity contribution in [2.45, 2.75) is 44.0 Å². The van der Waals surface area contributed by atoms with Crippen LogP contribution in [0.15, 0.2) is 33.7 Å². The number of nitrogens with one attached hydrogen (secondary N) is 1. The van der Waals surface area contributed by atoms with Gasteiger partial charge in [-0.05, 0) is 24.6 Å². The Kier molecular flexibility index (Phi) is 5.54. The van der Waals surface area contributed by atoms with E-state index in [2.05, 4.69) is 15.5 Å². The SMILES string of the molecule is CC(C)c1noc(CCNC(C)c2ccc(S(C)(=O)=O)cc2)n1. The summed E-state index contributed by atoms with van der Waals surface area (Å²) >= 11 is 0. The van der Waals surface area contributed by atoms with Crippen LogP contribution in [0.2, 0.25) is 0 Å². The molecule has 0 radical (unpaired) electrons. The normalized spacial score (nSPS) is 13.4. The summed E-state index contributed by atoms with van der Waals surface area (Å²) in [6.45, 7) is 6.78. The average Bonchev–Trinajstić information content (AvgIpc) is 2.95. The van der Waals surface area contributed by atoms with Gasteiger partial charge in [-0.25, -0.2) is 8.42 Å². The third kappa shape index (κ3) is 4.87. The fraction of sp³-hybridized carbons (Fsp3) is 0.500. The Labute approximate surface area is 137 Å². The summed E-state index contributed by atoms with van der Waals surface area (Å²) in [5.41, 5.74) is 1.03. The number of rotatable bonds is 7. The molecule has 0 aliphatic rings. The number of benzene rings is 1. The van der Waals surface area contributed by atoms with Gasteiger partial charge in [0, 0.05) is 31.2 Å². The van der Waals surface area contributed by atoms with Gasteiger partial charge in [-0.15, -0.1) is 0 Å². The van der Waals surface area contributed by atoms with Gasteiger partial charge in [0.05, 0.1) is 4.90 Å². The lowest BCUT2D eigenvalue weighted by atomic mass is 10.1. The van der Waals surface area contributed by atoms with Crippen molar-refractivity contribution >= 4 is 9.84 Å². The summed E-state index contributed by atoms with van der Waals surface area (Å²) < 4.78 is 28.1. The second-order valence-electron chi connectivity index (χ2n) is 5.97. The van der Waals surface area contributed by atoms with E-state index in [1.165, 1.54) is 6.26 Å². The van der Waals surface area contributed by atoms with Crippen LogP contribution in [0.1, 0.15) is 50.0 Å². The number of sulfone groups is 1. The van der Waals surface area contributed by atoms with Crippen LogP contribution >= 0.6 is 0 Å². The lowest BCUT2D eigenvalue weighted by Gasteiger charge is -2.13. The first-order valence-electron chi connectivity index (χ1n) is 7.63. The van der Waals surface area contributed by atoms with Crippen LogP contribution in [0, 0.1) is 0 Å². The van der Waals surface area contributed by atoms with Crippen LogP contribution in [0.5, 0.6) is 0 Å². The summed E-state index contributed by atoms with van der Waals surface area (Å²) in [4.78, 5) is 4.67. The molecule has 23 heavy (non-hydrogen) atoms. The molecule has 1 aromatic heterocycles. The van der Waals surface area contributed by atoms with Gasteiger partial charge < -0.3 is 9.84 Å². The first kappa shape index (κ1) is 17.6. The van der Waals surface area contributed by atoms with Crippen molar-refractivity contribution in [3.05, 3.63) is 41.5 Å². The number of hydrogen-bond donors (Lipinski definition) is 1. The van der Waals surface area contributed by atoms with Crippen molar-refractivity contribution in [3.63, 3.8) is 0 Å². The van der Waals surface area contributed by atoms with E-state index < -0.39 is 9.84 Å². The quantitative estimate of drug-likeness (QED) is 0.835. The summed E-state index contributed by atoms with van der Waals surface area (Å²) in [6, 6.07) is 7.04. The summed E-state index contributed by atoms with van der Waals surface area (Å²) in [5.74, 6) is 1.61. The van der Waals surface area contributed by atoms with Crippen molar-refractivity contribution < 1.29 is 12.9 Å². The van der Waals surface area contributed by atoms with Crippen molar-refractivity contribution in [2.24, 2.45) is 0 Å². The van der Waals surface area contributed by atoms with Gasteiger partial charge in [0.2, 0.25) is 5.89 Å². The van der Waals surface area contributed by atoms with Crippen LogP contribution in [-0.4, -0.2) is 31.4 Å². The molecule has 1 heterocycles. The Morgan fingerprint density at radius 3 is 2.35 bits per heavy atom. The summed E-state index contributed by atoms with van der Waals surface area (Å²) in [5, 5.41) is 7.30. The molecule has 2 rings (SSSR count). The molecular weight excluding hydrogens is 314 g/mol. The minimum atomic E-state index is -3.15. The van der Waals surface area contributed by atoms with Gasteiger partial charge in [0.15, 0.2) is 15.7 Å². The molecule has 6 nitrogen and oxygen atoms in total. The Morgan fingerprint density at radius 2 is 1.83 bits per heavy atom. The second kappa shape index (κ2) is 7.23. The standard InChI is InChI=1S/C16H23N3O3S/c1-11(2)16-18-15(22-19-16)9-10-17-12(3)13-5-7-14(8-6-13)23(4,20)21/h5-8,11-12,17H,9-10H2,1-4H3. The van der Waals surface area contributed by atoms with Gasteiger partial charge >= 0.3 is 0 Å². The maximum atomic E-state index is 11.5. The summed E-state index contributed by atoms with van der Waals surface area (Å²) in [7, 11) is -3.15. The van der Waals surface area contributed by atoms with Gasteiger partial charge in [-0.2, -0.15) is 4.98 Å². The Balaban J connectivity index is 1.88. The fourth-order valence-electron chi connectivity index (χ4n) is 2.12. The molecule has 0 aliphatic carbocycles. The first-order chi connectivity index (χ1) is 10.8. The number of nitrogens with zero attached hydrogens (tertiary/aromatic N) is 2. The highest BCUT2D eigenvalue weighted by atomic mass is 32.2. The maximum Gasteiger partial charge on any atom is 0.227 e. The van der Waals surface area contributed by atoms with Gasteiger partial charge in [-0.3, -0.25) is 0 Å². The Bertz CT molecular complexity index is 736. The minimum absolute atomic E-state index is 0.108. The molecule has 0 saturated heterocycles. The van der Waals surface area contributed by atoms with Crippen LogP contribution in [0.3, 0.4) is 0 Å². The van der Waals surface area contributed by atoms with E-state index in [-0.39, 0.29) is 12.0 Å². The van der Waals surface area contributed by atoms with Crippen LogP contribution in [0.4, 0.5) is 0 Å². The third-order valence-corrected chi connectivity index (χ3v) is 4.73. The molecule has 0 fully saturated rings. The maximum absolute atomic E-state index is 11.5. The van der Waals surface area contributed by atoms with Crippen LogP contribution in [0.25, 0.3) is 0 Å². The predicted molar refractivity (Wildman–Crippen MR) is 88.1 cm³/mol. The molecule has 0 amide bonds. The van der Waals surface area contributed by atoms with E-state index in [1.54, 1.807) is 12.1 Å². The second-order valence-corrected chi connectivity index (χ2v) is 7.98. The molecule has 0 saturated carbocycles. The molecule has 0 spiro atoms. The van der Waals surface area contributed by atoms with Crippen molar-refractivity contribution in [1.82, 2.24) is 15.5 Å². The molecule has 126 valence electrons. The average molecular weight is 337 g/mol. The van der Waals surface area contributed by atoms with E-state index in [9.17, 15) is 8.42 Å². The van der Waals surface area contributed by atoms with Gasteiger partial charge in [0.1, 0.15) is 0 Å². The lowest BCUT2D eigenvalue weighted by Crippen LogP contribution is -2.21. The van der Waals surface area contributed by atoms with Gasteiger partial charge in [-0.1, -0.05) is 31.1 Å². The third-order valence-electron chi connectivity index (χ3n) is 3.60. The Morgan fingerprint density at radius 1 is 1.17 bits per heavy atom. The van der Waals surface area contributed by atoms with Crippen molar-refractivity contribution in [3.8, 4) is 0 Å². The van der Waals surface area contributed by atoms with Crippen molar-refractivity contribution in [1.29, 1.82) is 0 Å². The molecule has 1 N–H and O–H groups in total. The van der Waals surface area contributed by atoms with E-state index in [0.717, 1.165) is 11.4 Å². The molecular formula is C16H23N3O3S. The topological polar surface area (TPSA) is 85.1 Å². The van der Waals surface area contributed by atoms with Crippen LogP contribution in [-0.2, 0) is 16.3 Å². The zero-order chi connectivity index (χ0) is 17.0. The highest BCUT2D eigenvalue weighted by Gasteiger charge is 2.11. The summed E-state index contributed by atoms with van der Waals surface area (Å²) in [6.07, 6.45) is 1.87. The molecule has 2 aromatic rings. The first-order valence-corrected chi connectivity index (χ1v) is 9.52. The van der Waals surface area contributed by atoms with Crippen LogP contribution < -0.4 is 5.32 Å². The zero-order valence-corrected chi connectivity index (χ0v) is 14.7. The molecule has 0 aliphatic heterocycles. The number of aromatic nitrogens is 2. The largest absolute Gasteiger partial charge is 0.339 e. The smallest absolute Gasteiger partial charge is 0.227 e. The van der Waals surface area contributed by atoms with Gasteiger partial charge in [0.25, 0.3) is 0 Å². The molecule has 1 aromatic carbocycles.